The Morgan fingerprint density at radius 1 is 1.56 bits per heavy atom. The van der Waals surface area contributed by atoms with E-state index in [1.165, 1.54) is 5.56 Å². The van der Waals surface area contributed by atoms with E-state index in [1.807, 2.05) is 6.07 Å². The fraction of sp³-hybridized carbons (Fsp3) is 0.500. The standard InChI is InChI=1S/C12H16ClNO2/c1-16-12-9(10(15)6-14)5-7-3-2-4-8(7)11(12)13/h5,10,15H,2-4,6,14H2,1H3. The minimum Gasteiger partial charge on any atom is -0.495 e. The van der Waals surface area contributed by atoms with Gasteiger partial charge in [0.2, 0.25) is 0 Å². The van der Waals surface area contributed by atoms with Crippen LogP contribution in [-0.4, -0.2) is 18.8 Å². The largest absolute Gasteiger partial charge is 0.495 e. The molecule has 0 fully saturated rings. The minimum absolute atomic E-state index is 0.172. The van der Waals surface area contributed by atoms with Crippen molar-refractivity contribution in [1.82, 2.24) is 0 Å². The fourth-order valence-corrected chi connectivity index (χ4v) is 2.68. The summed E-state index contributed by atoms with van der Waals surface area (Å²) in [5.41, 5.74) is 8.55. The molecule has 0 saturated carbocycles. The van der Waals surface area contributed by atoms with E-state index in [1.54, 1.807) is 7.11 Å². The fourth-order valence-electron chi connectivity index (χ4n) is 2.28. The van der Waals surface area contributed by atoms with Crippen LogP contribution in [0, 0.1) is 0 Å². The van der Waals surface area contributed by atoms with E-state index in [2.05, 4.69) is 0 Å². The molecule has 16 heavy (non-hydrogen) atoms. The predicted octanol–water partition coefficient (Wildman–Crippen LogP) is 1.83. The van der Waals surface area contributed by atoms with Crippen molar-refractivity contribution in [3.05, 3.63) is 27.8 Å². The maximum absolute atomic E-state index is 9.83. The smallest absolute Gasteiger partial charge is 0.143 e. The molecule has 1 atom stereocenters. The quantitative estimate of drug-likeness (QED) is 0.849. The number of hydrogen-bond donors (Lipinski definition) is 2. The van der Waals surface area contributed by atoms with Gasteiger partial charge in [-0.05, 0) is 36.5 Å². The Morgan fingerprint density at radius 2 is 2.31 bits per heavy atom. The number of aliphatic hydroxyl groups is 1. The average Bonchev–Trinajstić information content (AvgIpc) is 2.76. The molecule has 1 aromatic rings. The maximum atomic E-state index is 9.83. The molecule has 3 N–H and O–H groups in total. The summed E-state index contributed by atoms with van der Waals surface area (Å²) in [6.45, 7) is 0.172. The molecular formula is C12H16ClNO2. The Morgan fingerprint density at radius 3 is 2.94 bits per heavy atom. The normalized spacial score (nSPS) is 16.0. The molecule has 1 aliphatic rings. The zero-order chi connectivity index (χ0) is 11.7. The van der Waals surface area contributed by atoms with Gasteiger partial charge in [-0.15, -0.1) is 0 Å². The van der Waals surface area contributed by atoms with Crippen LogP contribution in [0.25, 0.3) is 0 Å². The highest BCUT2D eigenvalue weighted by molar-refractivity contribution is 6.33. The highest BCUT2D eigenvalue weighted by atomic mass is 35.5. The topological polar surface area (TPSA) is 55.5 Å². The molecular weight excluding hydrogens is 226 g/mol. The summed E-state index contributed by atoms with van der Waals surface area (Å²) < 4.78 is 5.28. The lowest BCUT2D eigenvalue weighted by atomic mass is 10.0. The number of ether oxygens (including phenoxy) is 1. The Hall–Kier alpha value is -0.770. The van der Waals surface area contributed by atoms with Gasteiger partial charge in [0.25, 0.3) is 0 Å². The van der Waals surface area contributed by atoms with Crippen molar-refractivity contribution in [2.75, 3.05) is 13.7 Å². The molecule has 0 amide bonds. The van der Waals surface area contributed by atoms with E-state index in [9.17, 15) is 5.11 Å². The number of methoxy groups -OCH3 is 1. The van der Waals surface area contributed by atoms with Crippen LogP contribution < -0.4 is 10.5 Å². The number of halogens is 1. The lowest BCUT2D eigenvalue weighted by Crippen LogP contribution is -2.13. The summed E-state index contributed by atoms with van der Waals surface area (Å²) in [6.07, 6.45) is 2.41. The molecule has 2 rings (SSSR count). The number of hydrogen-bond acceptors (Lipinski definition) is 3. The van der Waals surface area contributed by atoms with E-state index in [4.69, 9.17) is 22.1 Å². The number of rotatable bonds is 3. The average molecular weight is 242 g/mol. The van der Waals surface area contributed by atoms with Crippen LogP contribution in [0.1, 0.15) is 29.2 Å². The van der Waals surface area contributed by atoms with Gasteiger partial charge in [0.15, 0.2) is 0 Å². The van der Waals surface area contributed by atoms with Crippen LogP contribution in [0.5, 0.6) is 5.75 Å². The van der Waals surface area contributed by atoms with Gasteiger partial charge >= 0.3 is 0 Å². The molecule has 0 aliphatic heterocycles. The third-order valence-corrected chi connectivity index (χ3v) is 3.50. The molecule has 0 radical (unpaired) electrons. The molecule has 0 spiro atoms. The summed E-state index contributed by atoms with van der Waals surface area (Å²) >= 11 is 6.28. The van der Waals surface area contributed by atoms with E-state index in [0.717, 1.165) is 24.8 Å². The van der Waals surface area contributed by atoms with Gasteiger partial charge in [0.05, 0.1) is 18.2 Å². The molecule has 1 aliphatic carbocycles. The van der Waals surface area contributed by atoms with Gasteiger partial charge in [0.1, 0.15) is 5.75 Å². The van der Waals surface area contributed by atoms with Crippen molar-refractivity contribution >= 4 is 11.6 Å². The van der Waals surface area contributed by atoms with Crippen LogP contribution >= 0.6 is 11.6 Å². The molecule has 1 unspecified atom stereocenters. The van der Waals surface area contributed by atoms with Crippen LogP contribution in [0.3, 0.4) is 0 Å². The first-order chi connectivity index (χ1) is 7.69. The molecule has 0 heterocycles. The molecule has 0 aromatic heterocycles. The second-order valence-electron chi connectivity index (χ2n) is 4.06. The monoisotopic (exact) mass is 241 g/mol. The maximum Gasteiger partial charge on any atom is 0.143 e. The molecule has 4 heteroatoms. The zero-order valence-corrected chi connectivity index (χ0v) is 10.0. The lowest BCUT2D eigenvalue weighted by Gasteiger charge is -2.17. The third kappa shape index (κ3) is 1.79. The summed E-state index contributed by atoms with van der Waals surface area (Å²) in [6, 6.07) is 1.98. The first kappa shape index (κ1) is 11.7. The Bertz CT molecular complexity index is 406. The predicted molar refractivity (Wildman–Crippen MR) is 64.0 cm³/mol. The van der Waals surface area contributed by atoms with Gasteiger partial charge in [-0.2, -0.15) is 0 Å². The number of aliphatic hydroxyl groups excluding tert-OH is 1. The van der Waals surface area contributed by atoms with E-state index in [0.29, 0.717) is 16.3 Å². The van der Waals surface area contributed by atoms with Crippen LogP contribution in [0.4, 0.5) is 0 Å². The third-order valence-electron chi connectivity index (χ3n) is 3.10. The first-order valence-electron chi connectivity index (χ1n) is 5.45. The Kier molecular flexibility index (Phi) is 3.38. The highest BCUT2D eigenvalue weighted by Crippen LogP contribution is 2.40. The van der Waals surface area contributed by atoms with Crippen molar-refractivity contribution in [2.24, 2.45) is 5.73 Å². The van der Waals surface area contributed by atoms with Crippen LogP contribution in [0.2, 0.25) is 5.02 Å². The second-order valence-corrected chi connectivity index (χ2v) is 4.43. The van der Waals surface area contributed by atoms with Crippen molar-refractivity contribution < 1.29 is 9.84 Å². The molecule has 1 aromatic carbocycles. The van der Waals surface area contributed by atoms with E-state index >= 15 is 0 Å². The zero-order valence-electron chi connectivity index (χ0n) is 9.29. The van der Waals surface area contributed by atoms with E-state index in [-0.39, 0.29) is 6.54 Å². The van der Waals surface area contributed by atoms with Crippen molar-refractivity contribution in [2.45, 2.75) is 25.4 Å². The molecule has 0 bridgehead atoms. The van der Waals surface area contributed by atoms with Gasteiger partial charge in [-0.3, -0.25) is 0 Å². The Labute approximate surface area is 100 Å². The molecule has 0 saturated heterocycles. The van der Waals surface area contributed by atoms with Crippen LogP contribution in [-0.2, 0) is 12.8 Å². The summed E-state index contributed by atoms with van der Waals surface area (Å²) in [4.78, 5) is 0. The minimum atomic E-state index is -0.710. The van der Waals surface area contributed by atoms with Crippen molar-refractivity contribution in [1.29, 1.82) is 0 Å². The SMILES string of the molecule is COc1c(C(O)CN)cc2c(c1Cl)CCC2. The van der Waals surface area contributed by atoms with Gasteiger partial charge < -0.3 is 15.6 Å². The number of nitrogens with two attached hydrogens (primary N) is 1. The molecule has 3 nitrogen and oxygen atoms in total. The lowest BCUT2D eigenvalue weighted by molar-refractivity contribution is 0.182. The van der Waals surface area contributed by atoms with Crippen LogP contribution in [0.15, 0.2) is 6.07 Å². The first-order valence-corrected chi connectivity index (χ1v) is 5.83. The Balaban J connectivity index is 2.56. The van der Waals surface area contributed by atoms with E-state index < -0.39 is 6.10 Å². The summed E-state index contributed by atoms with van der Waals surface area (Å²) in [7, 11) is 1.56. The number of benzene rings is 1. The summed E-state index contributed by atoms with van der Waals surface area (Å²) in [5.74, 6) is 0.570. The van der Waals surface area contributed by atoms with Gasteiger partial charge in [-0.1, -0.05) is 11.6 Å². The van der Waals surface area contributed by atoms with Gasteiger partial charge in [-0.25, -0.2) is 0 Å². The second kappa shape index (κ2) is 4.62. The van der Waals surface area contributed by atoms with Gasteiger partial charge in [0, 0.05) is 12.1 Å². The molecule has 88 valence electrons. The van der Waals surface area contributed by atoms with Crippen molar-refractivity contribution in [3.8, 4) is 5.75 Å². The highest BCUT2D eigenvalue weighted by Gasteiger charge is 2.23. The summed E-state index contributed by atoms with van der Waals surface area (Å²) in [5, 5.41) is 10.5. The van der Waals surface area contributed by atoms with Crippen molar-refractivity contribution in [3.63, 3.8) is 0 Å². The number of fused-ring (bicyclic) bond motifs is 1. The number of aryl methyl sites for hydroxylation is 1.